The Labute approximate surface area is 363 Å². The van der Waals surface area contributed by atoms with E-state index < -0.39 is 0 Å². The molecule has 0 aliphatic heterocycles. The van der Waals surface area contributed by atoms with Gasteiger partial charge in [-0.2, -0.15) is 0 Å². The van der Waals surface area contributed by atoms with E-state index in [2.05, 4.69) is 196 Å². The second kappa shape index (κ2) is 13.7. The second-order valence-corrected chi connectivity index (χ2v) is 20.9. The average molecular weight is 792 g/mol. The molecule has 0 N–H and O–H groups in total. The Kier molecular flexibility index (Phi) is 8.32. The molecule has 0 atom stereocenters. The van der Waals surface area contributed by atoms with E-state index in [0.717, 1.165) is 23.7 Å². The molecule has 61 heavy (non-hydrogen) atoms. The maximum atomic E-state index is 2.66. The van der Waals surface area contributed by atoms with Crippen LogP contribution in [0.5, 0.6) is 0 Å². The predicted molar refractivity (Wildman–Crippen MR) is 256 cm³/mol. The van der Waals surface area contributed by atoms with Crippen molar-refractivity contribution in [2.45, 2.75) is 88.9 Å². The Morgan fingerprint density at radius 1 is 0.361 bits per heavy atom. The van der Waals surface area contributed by atoms with E-state index in [1.54, 1.807) is 11.1 Å². The Bertz CT molecular complexity index is 2720. The third kappa shape index (κ3) is 5.79. The summed E-state index contributed by atoms with van der Waals surface area (Å²) in [5.41, 5.74) is 20.7. The summed E-state index contributed by atoms with van der Waals surface area (Å²) in [5.74, 6) is 3.30. The molecule has 4 bridgehead atoms. The first-order valence-electron chi connectivity index (χ1n) is 23.2. The van der Waals surface area contributed by atoms with E-state index in [1.807, 2.05) is 0 Å². The zero-order chi connectivity index (χ0) is 41.1. The van der Waals surface area contributed by atoms with Gasteiger partial charge in [-0.3, -0.25) is 0 Å². The minimum atomic E-state index is 0.112. The highest BCUT2D eigenvalue weighted by atomic mass is 15.1. The van der Waals surface area contributed by atoms with Crippen molar-refractivity contribution in [3.05, 3.63) is 186 Å². The summed E-state index contributed by atoms with van der Waals surface area (Å²) in [7, 11) is 0. The second-order valence-electron chi connectivity index (χ2n) is 20.9. The lowest BCUT2D eigenvalue weighted by molar-refractivity contribution is -0.0399. The van der Waals surface area contributed by atoms with Crippen molar-refractivity contribution in [1.82, 2.24) is 0 Å². The van der Waals surface area contributed by atoms with Gasteiger partial charge in [0.05, 0.1) is 0 Å². The van der Waals surface area contributed by atoms with E-state index >= 15 is 0 Å². The van der Waals surface area contributed by atoms with E-state index in [0.29, 0.717) is 0 Å². The molecule has 1 nitrogen and oxygen atoms in total. The molecule has 7 aromatic carbocycles. The fraction of sp³-hybridized carbons (Fsp3) is 0.300. The zero-order valence-corrected chi connectivity index (χ0v) is 36.3. The first-order chi connectivity index (χ1) is 29.7. The molecule has 13 rings (SSSR count). The van der Waals surface area contributed by atoms with Crippen molar-refractivity contribution < 1.29 is 0 Å². The average Bonchev–Trinajstić information content (AvgIpc) is 3.58. The SMILES string of the molecule is CC1(C)CCC(C)(C)c2cc(N(c3ccc(-c4cc(-c5ccccc5)cc(-c5ccccc5)c4)cc3)c3ccc4c(c3)C3(c5ccccc5-4)C4CC5CC(C4)CC3C5)ccc21. The third-order valence-electron chi connectivity index (χ3n) is 16.5. The number of rotatable bonds is 6. The van der Waals surface area contributed by atoms with Gasteiger partial charge in [-0.25, -0.2) is 0 Å². The molecule has 0 amide bonds. The highest BCUT2D eigenvalue weighted by Crippen LogP contribution is 2.69. The highest BCUT2D eigenvalue weighted by molar-refractivity contribution is 5.88. The van der Waals surface area contributed by atoms with Crippen LogP contribution in [0, 0.1) is 23.7 Å². The van der Waals surface area contributed by atoms with Crippen molar-refractivity contribution in [2.75, 3.05) is 4.90 Å². The topological polar surface area (TPSA) is 3.24 Å². The van der Waals surface area contributed by atoms with E-state index in [4.69, 9.17) is 0 Å². The quantitative estimate of drug-likeness (QED) is 0.162. The summed E-state index contributed by atoms with van der Waals surface area (Å²) >= 11 is 0. The smallest absolute Gasteiger partial charge is 0.0465 e. The molecule has 0 unspecified atom stereocenters. The third-order valence-corrected chi connectivity index (χ3v) is 16.5. The summed E-state index contributed by atoms with van der Waals surface area (Å²) < 4.78 is 0. The van der Waals surface area contributed by atoms with Gasteiger partial charge in [-0.05, 0) is 201 Å². The van der Waals surface area contributed by atoms with Gasteiger partial charge in [0.15, 0.2) is 0 Å². The van der Waals surface area contributed by atoms with Gasteiger partial charge in [-0.1, -0.05) is 137 Å². The number of hydrogen-bond donors (Lipinski definition) is 0. The van der Waals surface area contributed by atoms with Gasteiger partial charge in [0.2, 0.25) is 0 Å². The van der Waals surface area contributed by atoms with Crippen molar-refractivity contribution in [3.8, 4) is 44.5 Å². The molecule has 302 valence electrons. The molecule has 0 heterocycles. The van der Waals surface area contributed by atoms with Crippen LogP contribution >= 0.6 is 0 Å². The number of fused-ring (bicyclic) bond motifs is 4. The number of anilines is 3. The van der Waals surface area contributed by atoms with Crippen LogP contribution in [0.3, 0.4) is 0 Å². The minimum Gasteiger partial charge on any atom is -0.310 e. The number of nitrogens with zero attached hydrogens (tertiary/aromatic N) is 1. The Hall–Kier alpha value is -5.66. The largest absolute Gasteiger partial charge is 0.310 e. The molecular weight excluding hydrogens is 735 g/mol. The van der Waals surface area contributed by atoms with Crippen LogP contribution < -0.4 is 4.90 Å². The molecule has 1 heteroatoms. The summed E-state index contributed by atoms with van der Waals surface area (Å²) in [6.07, 6.45) is 9.45. The van der Waals surface area contributed by atoms with Crippen LogP contribution in [0.2, 0.25) is 0 Å². The molecule has 0 radical (unpaired) electrons. The lowest BCUT2D eigenvalue weighted by Gasteiger charge is -2.61. The van der Waals surface area contributed by atoms with Crippen molar-refractivity contribution in [2.24, 2.45) is 23.7 Å². The summed E-state index contributed by atoms with van der Waals surface area (Å²) in [5, 5.41) is 0. The van der Waals surface area contributed by atoms with E-state index in [1.165, 1.54) is 118 Å². The van der Waals surface area contributed by atoms with Crippen LogP contribution in [0.25, 0.3) is 44.5 Å². The fourth-order valence-corrected chi connectivity index (χ4v) is 13.6. The van der Waals surface area contributed by atoms with E-state index in [9.17, 15) is 0 Å². The van der Waals surface area contributed by atoms with Crippen LogP contribution in [0.15, 0.2) is 164 Å². The zero-order valence-electron chi connectivity index (χ0n) is 36.3. The first kappa shape index (κ1) is 37.1. The first-order valence-corrected chi connectivity index (χ1v) is 23.2. The maximum absolute atomic E-state index is 2.66. The lowest BCUT2D eigenvalue weighted by atomic mass is 9.43. The van der Waals surface area contributed by atoms with Gasteiger partial charge >= 0.3 is 0 Å². The van der Waals surface area contributed by atoms with E-state index in [-0.39, 0.29) is 16.2 Å². The Morgan fingerprint density at radius 2 is 0.820 bits per heavy atom. The number of hydrogen-bond acceptors (Lipinski definition) is 1. The molecule has 6 aliphatic carbocycles. The standard InChI is InChI=1S/C60H57N/c1-58(2)27-28-59(3,4)57-38-51(24-26-55(57)58)61(49-21-19-43(20-22-49)46-35-44(41-13-7-5-8-14-41)34-45(36-46)42-15-9-6-10-16-42)50-23-25-53-52-17-11-12-18-54(52)60(56(53)37-50)47-30-39-29-40(32-47)33-48(60)31-39/h5-26,34-40,47-48H,27-33H2,1-4H3. The lowest BCUT2D eigenvalue weighted by Crippen LogP contribution is -2.55. The minimum absolute atomic E-state index is 0.112. The molecular formula is C60H57N. The summed E-state index contributed by atoms with van der Waals surface area (Å²) in [6, 6.07) is 62.7. The maximum Gasteiger partial charge on any atom is 0.0465 e. The molecule has 4 fully saturated rings. The van der Waals surface area contributed by atoms with Gasteiger partial charge in [0, 0.05) is 22.5 Å². The molecule has 1 spiro atoms. The predicted octanol–water partition coefficient (Wildman–Crippen LogP) is 16.2. The molecule has 7 aromatic rings. The summed E-state index contributed by atoms with van der Waals surface area (Å²) in [6.45, 7) is 9.80. The molecule has 0 saturated heterocycles. The molecule has 6 aliphatic rings. The van der Waals surface area contributed by atoms with Gasteiger partial charge in [0.1, 0.15) is 0 Å². The van der Waals surface area contributed by atoms with Crippen molar-refractivity contribution in [1.29, 1.82) is 0 Å². The van der Waals surface area contributed by atoms with Crippen LogP contribution in [0.1, 0.15) is 94.9 Å². The van der Waals surface area contributed by atoms with Crippen LogP contribution in [-0.2, 0) is 16.2 Å². The molecule has 4 saturated carbocycles. The Balaban J connectivity index is 1.02. The fourth-order valence-electron chi connectivity index (χ4n) is 13.6. The normalized spacial score (nSPS) is 24.6. The highest BCUT2D eigenvalue weighted by Gasteiger charge is 2.61. The van der Waals surface area contributed by atoms with Crippen molar-refractivity contribution >= 4 is 17.1 Å². The van der Waals surface area contributed by atoms with Gasteiger partial charge in [-0.15, -0.1) is 0 Å². The number of benzene rings is 7. The van der Waals surface area contributed by atoms with Crippen LogP contribution in [-0.4, -0.2) is 0 Å². The van der Waals surface area contributed by atoms with Gasteiger partial charge in [0.25, 0.3) is 0 Å². The Morgan fingerprint density at radius 3 is 1.41 bits per heavy atom. The van der Waals surface area contributed by atoms with Crippen molar-refractivity contribution in [3.63, 3.8) is 0 Å². The monoisotopic (exact) mass is 791 g/mol. The van der Waals surface area contributed by atoms with Gasteiger partial charge < -0.3 is 4.90 Å². The van der Waals surface area contributed by atoms with Crippen LogP contribution in [0.4, 0.5) is 17.1 Å². The summed E-state index contributed by atoms with van der Waals surface area (Å²) in [4.78, 5) is 2.59. The molecule has 0 aromatic heterocycles.